The standard InChI is InChI=1S/C16H23N5/c1-16(2,3)20-15(17)18-10-9-13-11-19-21(12-13)14-7-5-4-6-8-14/h4-8,11-12H,9-10H2,1-3H3,(H3,17,18,20). The van der Waals surface area contributed by atoms with Crippen LogP contribution in [0.3, 0.4) is 0 Å². The molecule has 0 fully saturated rings. The highest BCUT2D eigenvalue weighted by Crippen LogP contribution is 2.08. The Hall–Kier alpha value is -2.30. The zero-order valence-electron chi connectivity index (χ0n) is 12.9. The summed E-state index contributed by atoms with van der Waals surface area (Å²) >= 11 is 0. The van der Waals surface area contributed by atoms with Crippen molar-refractivity contribution < 1.29 is 0 Å². The normalized spacial score (nSPS) is 12.4. The lowest BCUT2D eigenvalue weighted by atomic mass is 10.1. The van der Waals surface area contributed by atoms with Gasteiger partial charge in [-0.3, -0.25) is 4.99 Å². The molecule has 0 aliphatic heterocycles. The smallest absolute Gasteiger partial charge is 0.188 e. The van der Waals surface area contributed by atoms with Crippen molar-refractivity contribution in [1.82, 2.24) is 15.1 Å². The van der Waals surface area contributed by atoms with Crippen molar-refractivity contribution in [1.29, 1.82) is 0 Å². The summed E-state index contributed by atoms with van der Waals surface area (Å²) in [6.45, 7) is 6.81. The fourth-order valence-electron chi connectivity index (χ4n) is 1.94. The number of aliphatic imine (C=N–C) groups is 1. The van der Waals surface area contributed by atoms with Crippen LogP contribution in [0.1, 0.15) is 26.3 Å². The summed E-state index contributed by atoms with van der Waals surface area (Å²) in [5, 5.41) is 7.51. The molecular weight excluding hydrogens is 262 g/mol. The van der Waals surface area contributed by atoms with Crippen LogP contribution in [0.15, 0.2) is 47.7 Å². The van der Waals surface area contributed by atoms with Crippen LogP contribution in [-0.2, 0) is 6.42 Å². The third-order valence-corrected chi connectivity index (χ3v) is 2.84. The van der Waals surface area contributed by atoms with Gasteiger partial charge in [0.25, 0.3) is 0 Å². The number of benzene rings is 1. The van der Waals surface area contributed by atoms with Crippen molar-refractivity contribution in [3.8, 4) is 5.69 Å². The molecule has 0 radical (unpaired) electrons. The van der Waals surface area contributed by atoms with Crippen LogP contribution in [0.5, 0.6) is 0 Å². The SMILES string of the molecule is CC(C)(C)NC(N)=NCCc1cnn(-c2ccccc2)c1. The molecule has 3 N–H and O–H groups in total. The van der Waals surface area contributed by atoms with Gasteiger partial charge in [-0.2, -0.15) is 5.10 Å². The van der Waals surface area contributed by atoms with Gasteiger partial charge < -0.3 is 11.1 Å². The lowest BCUT2D eigenvalue weighted by Crippen LogP contribution is -2.45. The van der Waals surface area contributed by atoms with E-state index >= 15 is 0 Å². The van der Waals surface area contributed by atoms with Gasteiger partial charge in [0, 0.05) is 18.3 Å². The molecule has 21 heavy (non-hydrogen) atoms. The van der Waals surface area contributed by atoms with E-state index in [-0.39, 0.29) is 5.54 Å². The zero-order valence-corrected chi connectivity index (χ0v) is 12.9. The number of rotatable bonds is 4. The highest BCUT2D eigenvalue weighted by Gasteiger charge is 2.09. The minimum atomic E-state index is -0.0637. The van der Waals surface area contributed by atoms with Crippen LogP contribution >= 0.6 is 0 Å². The van der Waals surface area contributed by atoms with Gasteiger partial charge in [-0.05, 0) is 44.9 Å². The predicted octanol–water partition coefficient (Wildman–Crippen LogP) is 2.12. The molecule has 0 saturated carbocycles. The Labute approximate surface area is 125 Å². The molecule has 0 unspecified atom stereocenters. The summed E-state index contributed by atoms with van der Waals surface area (Å²) in [4.78, 5) is 4.33. The van der Waals surface area contributed by atoms with Crippen molar-refractivity contribution in [3.05, 3.63) is 48.3 Å². The summed E-state index contributed by atoms with van der Waals surface area (Å²) in [7, 11) is 0. The first kappa shape index (κ1) is 15.1. The van der Waals surface area contributed by atoms with E-state index in [9.17, 15) is 0 Å². The minimum absolute atomic E-state index is 0.0637. The fourth-order valence-corrected chi connectivity index (χ4v) is 1.94. The highest BCUT2D eigenvalue weighted by molar-refractivity contribution is 5.78. The summed E-state index contributed by atoms with van der Waals surface area (Å²) < 4.78 is 1.87. The second kappa shape index (κ2) is 6.43. The van der Waals surface area contributed by atoms with Crippen LogP contribution < -0.4 is 11.1 Å². The molecule has 0 aliphatic carbocycles. The Morgan fingerprint density at radius 3 is 2.67 bits per heavy atom. The lowest BCUT2D eigenvalue weighted by molar-refractivity contribution is 0.508. The average molecular weight is 285 g/mol. The van der Waals surface area contributed by atoms with Crippen LogP contribution in [-0.4, -0.2) is 27.8 Å². The first-order valence-corrected chi connectivity index (χ1v) is 7.11. The van der Waals surface area contributed by atoms with Gasteiger partial charge in [0.1, 0.15) is 0 Å². The first-order chi connectivity index (χ1) is 9.94. The topological polar surface area (TPSA) is 68.2 Å². The number of hydrogen-bond donors (Lipinski definition) is 2. The average Bonchev–Trinajstić information content (AvgIpc) is 2.86. The molecule has 0 spiro atoms. The van der Waals surface area contributed by atoms with Crippen molar-refractivity contribution >= 4 is 5.96 Å². The van der Waals surface area contributed by atoms with Crippen LogP contribution in [0.2, 0.25) is 0 Å². The summed E-state index contributed by atoms with van der Waals surface area (Å²) in [6.07, 6.45) is 4.72. The van der Waals surface area contributed by atoms with Gasteiger partial charge in [0.05, 0.1) is 11.9 Å². The first-order valence-electron chi connectivity index (χ1n) is 7.11. The van der Waals surface area contributed by atoms with Crippen LogP contribution in [0.4, 0.5) is 0 Å². The van der Waals surface area contributed by atoms with E-state index < -0.39 is 0 Å². The maximum atomic E-state index is 5.84. The Morgan fingerprint density at radius 2 is 2.00 bits per heavy atom. The largest absolute Gasteiger partial charge is 0.370 e. The van der Waals surface area contributed by atoms with Gasteiger partial charge in [0.15, 0.2) is 5.96 Å². The molecule has 0 bridgehead atoms. The fraction of sp³-hybridized carbons (Fsp3) is 0.375. The van der Waals surface area contributed by atoms with Gasteiger partial charge in [-0.25, -0.2) is 4.68 Å². The van der Waals surface area contributed by atoms with Gasteiger partial charge in [-0.15, -0.1) is 0 Å². The summed E-state index contributed by atoms with van der Waals surface area (Å²) in [5.74, 6) is 0.484. The van der Waals surface area contributed by atoms with E-state index in [2.05, 4.69) is 36.2 Å². The molecule has 0 aliphatic rings. The van der Waals surface area contributed by atoms with E-state index in [1.807, 2.05) is 47.4 Å². The van der Waals surface area contributed by atoms with Crippen molar-refractivity contribution in [2.45, 2.75) is 32.7 Å². The Morgan fingerprint density at radius 1 is 1.29 bits per heavy atom. The van der Waals surface area contributed by atoms with E-state index in [0.29, 0.717) is 12.5 Å². The third-order valence-electron chi connectivity index (χ3n) is 2.84. The molecule has 5 nitrogen and oxygen atoms in total. The van der Waals surface area contributed by atoms with E-state index in [4.69, 9.17) is 5.73 Å². The van der Waals surface area contributed by atoms with E-state index in [1.165, 1.54) is 0 Å². The van der Waals surface area contributed by atoms with Crippen molar-refractivity contribution in [2.24, 2.45) is 10.7 Å². The number of nitrogens with zero attached hydrogens (tertiary/aromatic N) is 3. The van der Waals surface area contributed by atoms with Gasteiger partial charge >= 0.3 is 0 Å². The molecule has 1 aromatic carbocycles. The molecule has 1 aromatic heterocycles. The number of nitrogens with two attached hydrogens (primary N) is 1. The maximum absolute atomic E-state index is 5.84. The van der Waals surface area contributed by atoms with Crippen molar-refractivity contribution in [3.63, 3.8) is 0 Å². The van der Waals surface area contributed by atoms with Crippen LogP contribution in [0, 0.1) is 0 Å². The Kier molecular flexibility index (Phi) is 4.62. The van der Waals surface area contributed by atoms with E-state index in [0.717, 1.165) is 17.7 Å². The number of nitrogens with one attached hydrogen (secondary N) is 1. The highest BCUT2D eigenvalue weighted by atomic mass is 15.3. The second-order valence-corrected chi connectivity index (χ2v) is 6.02. The van der Waals surface area contributed by atoms with Crippen molar-refractivity contribution in [2.75, 3.05) is 6.54 Å². The molecule has 0 saturated heterocycles. The number of guanidine groups is 1. The molecule has 0 atom stereocenters. The number of para-hydroxylation sites is 1. The molecule has 112 valence electrons. The summed E-state index contributed by atoms with van der Waals surface area (Å²) in [6, 6.07) is 10.0. The number of hydrogen-bond acceptors (Lipinski definition) is 2. The van der Waals surface area contributed by atoms with E-state index in [1.54, 1.807) is 0 Å². The second-order valence-electron chi connectivity index (χ2n) is 6.02. The Balaban J connectivity index is 1.91. The molecule has 0 amide bonds. The minimum Gasteiger partial charge on any atom is -0.370 e. The third kappa shape index (κ3) is 4.95. The maximum Gasteiger partial charge on any atom is 0.188 e. The molecule has 5 heteroatoms. The van der Waals surface area contributed by atoms with Crippen LogP contribution in [0.25, 0.3) is 5.69 Å². The molecule has 2 aromatic rings. The summed E-state index contributed by atoms with van der Waals surface area (Å²) in [5.41, 5.74) is 7.98. The monoisotopic (exact) mass is 285 g/mol. The Bertz CT molecular complexity index is 593. The zero-order chi connectivity index (χ0) is 15.3. The van der Waals surface area contributed by atoms with Gasteiger partial charge in [0.2, 0.25) is 0 Å². The quantitative estimate of drug-likeness (QED) is 0.668. The molecule has 1 heterocycles. The number of aromatic nitrogens is 2. The van der Waals surface area contributed by atoms with Gasteiger partial charge in [-0.1, -0.05) is 18.2 Å². The predicted molar refractivity (Wildman–Crippen MR) is 86.6 cm³/mol. The molecular formula is C16H23N5. The molecule has 2 rings (SSSR count). The lowest BCUT2D eigenvalue weighted by Gasteiger charge is -2.20.